The summed E-state index contributed by atoms with van der Waals surface area (Å²) in [5.74, 6) is -2.84. The van der Waals surface area contributed by atoms with Crippen LogP contribution in [-0.4, -0.2) is 9.97 Å². The first-order valence-corrected chi connectivity index (χ1v) is 6.22. The second-order valence-electron chi connectivity index (χ2n) is 4.53. The molecular formula is C15H11F3N2. The number of fused-ring (bicyclic) bond motifs is 1. The highest BCUT2D eigenvalue weighted by Crippen LogP contribution is 2.27. The van der Waals surface area contributed by atoms with Gasteiger partial charge in [-0.05, 0) is 24.1 Å². The summed E-state index contributed by atoms with van der Waals surface area (Å²) in [6.45, 7) is 2.01. The molecule has 0 aliphatic rings. The number of halogens is 3. The first-order chi connectivity index (χ1) is 9.58. The lowest BCUT2D eigenvalue weighted by molar-refractivity contribution is 0.547. The van der Waals surface area contributed by atoms with E-state index in [1.165, 1.54) is 0 Å². The molecule has 1 aromatic heterocycles. The van der Waals surface area contributed by atoms with Crippen LogP contribution in [0.1, 0.15) is 12.5 Å². The van der Waals surface area contributed by atoms with Crippen LogP contribution in [0.15, 0.2) is 30.3 Å². The van der Waals surface area contributed by atoms with Gasteiger partial charge in [0.1, 0.15) is 23.3 Å². The average Bonchev–Trinajstić information content (AvgIpc) is 2.79. The highest BCUT2D eigenvalue weighted by atomic mass is 19.1. The highest BCUT2D eigenvalue weighted by Gasteiger charge is 2.17. The van der Waals surface area contributed by atoms with Crippen LogP contribution in [0.5, 0.6) is 0 Å². The van der Waals surface area contributed by atoms with Gasteiger partial charge in [0.2, 0.25) is 0 Å². The zero-order chi connectivity index (χ0) is 14.3. The summed E-state index contributed by atoms with van der Waals surface area (Å²) in [5.41, 5.74) is 2.05. The van der Waals surface area contributed by atoms with Crippen molar-refractivity contribution in [3.05, 3.63) is 53.3 Å². The summed E-state index contributed by atoms with van der Waals surface area (Å²) in [6.07, 6.45) is 0.851. The minimum Gasteiger partial charge on any atom is -0.338 e. The van der Waals surface area contributed by atoms with Gasteiger partial charge in [0.25, 0.3) is 0 Å². The molecule has 3 rings (SSSR count). The van der Waals surface area contributed by atoms with Crippen LogP contribution in [0, 0.1) is 17.5 Å². The van der Waals surface area contributed by atoms with Crippen LogP contribution >= 0.6 is 0 Å². The second-order valence-corrected chi connectivity index (χ2v) is 4.53. The van der Waals surface area contributed by atoms with Gasteiger partial charge in [-0.2, -0.15) is 0 Å². The van der Waals surface area contributed by atoms with Crippen molar-refractivity contribution in [2.24, 2.45) is 0 Å². The van der Waals surface area contributed by atoms with E-state index in [1.54, 1.807) is 6.07 Å². The summed E-state index contributed by atoms with van der Waals surface area (Å²) in [4.78, 5) is 7.03. The number of nitrogens with one attached hydrogen (secondary N) is 1. The zero-order valence-corrected chi connectivity index (χ0v) is 10.7. The Hall–Kier alpha value is -2.30. The molecule has 5 heteroatoms. The first kappa shape index (κ1) is 12.7. The van der Waals surface area contributed by atoms with E-state index in [9.17, 15) is 13.2 Å². The van der Waals surface area contributed by atoms with E-state index in [0.717, 1.165) is 12.0 Å². The van der Waals surface area contributed by atoms with Crippen LogP contribution in [0.2, 0.25) is 0 Å². The molecule has 0 saturated carbocycles. The standard InChI is InChI=1S/C15H11F3N2/c1-2-8-3-4-12-13(5-8)20-15(19-12)14-10(17)6-9(16)7-11(14)18/h3-7H,2H2,1H3,(H,19,20). The molecule has 0 spiro atoms. The predicted octanol–water partition coefficient (Wildman–Crippen LogP) is 4.21. The maximum absolute atomic E-state index is 13.7. The van der Waals surface area contributed by atoms with E-state index in [0.29, 0.717) is 23.2 Å². The van der Waals surface area contributed by atoms with Gasteiger partial charge in [0.15, 0.2) is 0 Å². The number of benzene rings is 2. The van der Waals surface area contributed by atoms with Crippen molar-refractivity contribution in [2.75, 3.05) is 0 Å². The van der Waals surface area contributed by atoms with Crippen molar-refractivity contribution in [1.29, 1.82) is 0 Å². The molecule has 2 aromatic carbocycles. The Morgan fingerprint density at radius 3 is 2.40 bits per heavy atom. The molecule has 2 nitrogen and oxygen atoms in total. The largest absolute Gasteiger partial charge is 0.338 e. The third-order valence-corrected chi connectivity index (χ3v) is 3.20. The molecule has 0 radical (unpaired) electrons. The molecule has 0 fully saturated rings. The molecule has 102 valence electrons. The SMILES string of the molecule is CCc1ccc2nc(-c3c(F)cc(F)cc3F)[nH]c2c1. The maximum atomic E-state index is 13.7. The zero-order valence-electron chi connectivity index (χ0n) is 10.7. The van der Waals surface area contributed by atoms with Crippen molar-refractivity contribution in [3.63, 3.8) is 0 Å². The Labute approximate surface area is 113 Å². The molecule has 0 aliphatic carbocycles. The number of imidazole rings is 1. The molecule has 20 heavy (non-hydrogen) atoms. The van der Waals surface area contributed by atoms with Gasteiger partial charge in [-0.25, -0.2) is 18.2 Å². The third kappa shape index (κ3) is 2.05. The Kier molecular flexibility index (Phi) is 2.97. The fraction of sp³-hybridized carbons (Fsp3) is 0.133. The number of hydrogen-bond acceptors (Lipinski definition) is 1. The highest BCUT2D eigenvalue weighted by molar-refractivity contribution is 5.80. The predicted molar refractivity (Wildman–Crippen MR) is 70.8 cm³/mol. The van der Waals surface area contributed by atoms with Gasteiger partial charge in [0, 0.05) is 12.1 Å². The minimum absolute atomic E-state index is 0.0586. The lowest BCUT2D eigenvalue weighted by Gasteiger charge is -2.01. The van der Waals surface area contributed by atoms with Crippen molar-refractivity contribution in [3.8, 4) is 11.4 Å². The number of hydrogen-bond donors (Lipinski definition) is 1. The Morgan fingerprint density at radius 2 is 1.75 bits per heavy atom. The van der Waals surface area contributed by atoms with Gasteiger partial charge < -0.3 is 4.98 Å². The smallest absolute Gasteiger partial charge is 0.144 e. The molecule has 0 bridgehead atoms. The van der Waals surface area contributed by atoms with Gasteiger partial charge in [-0.3, -0.25) is 0 Å². The van der Waals surface area contributed by atoms with E-state index < -0.39 is 17.5 Å². The molecule has 0 aliphatic heterocycles. The van der Waals surface area contributed by atoms with Crippen molar-refractivity contribution < 1.29 is 13.2 Å². The fourth-order valence-electron chi connectivity index (χ4n) is 2.16. The van der Waals surface area contributed by atoms with Crippen LogP contribution in [-0.2, 0) is 6.42 Å². The topological polar surface area (TPSA) is 28.7 Å². The Balaban J connectivity index is 2.20. The first-order valence-electron chi connectivity index (χ1n) is 6.22. The lowest BCUT2D eigenvalue weighted by Crippen LogP contribution is -1.93. The lowest BCUT2D eigenvalue weighted by atomic mass is 10.1. The summed E-state index contributed by atoms with van der Waals surface area (Å²) in [6, 6.07) is 6.86. The van der Waals surface area contributed by atoms with E-state index in [4.69, 9.17) is 0 Å². The third-order valence-electron chi connectivity index (χ3n) is 3.20. The summed E-state index contributed by atoms with van der Waals surface area (Å²) < 4.78 is 40.4. The summed E-state index contributed by atoms with van der Waals surface area (Å²) in [5, 5.41) is 0. The number of nitrogens with zero attached hydrogens (tertiary/aromatic N) is 1. The van der Waals surface area contributed by atoms with Gasteiger partial charge in [-0.1, -0.05) is 13.0 Å². The van der Waals surface area contributed by atoms with E-state index in [-0.39, 0.29) is 11.4 Å². The van der Waals surface area contributed by atoms with E-state index in [1.807, 2.05) is 19.1 Å². The molecule has 3 aromatic rings. The summed E-state index contributed by atoms with van der Waals surface area (Å²) in [7, 11) is 0. The quantitative estimate of drug-likeness (QED) is 0.746. The summed E-state index contributed by atoms with van der Waals surface area (Å²) >= 11 is 0. The van der Waals surface area contributed by atoms with Crippen molar-refractivity contribution in [1.82, 2.24) is 9.97 Å². The van der Waals surface area contributed by atoms with Gasteiger partial charge >= 0.3 is 0 Å². The normalized spacial score (nSPS) is 11.2. The number of aryl methyl sites for hydroxylation is 1. The van der Waals surface area contributed by atoms with E-state index >= 15 is 0 Å². The Bertz CT molecular complexity index is 770. The monoisotopic (exact) mass is 276 g/mol. The number of H-pyrrole nitrogens is 1. The number of aromatic nitrogens is 2. The number of aromatic amines is 1. The van der Waals surface area contributed by atoms with Gasteiger partial charge in [0.05, 0.1) is 16.6 Å². The molecule has 0 saturated heterocycles. The van der Waals surface area contributed by atoms with Crippen LogP contribution in [0.3, 0.4) is 0 Å². The molecule has 0 unspecified atom stereocenters. The van der Waals surface area contributed by atoms with Crippen LogP contribution in [0.25, 0.3) is 22.4 Å². The average molecular weight is 276 g/mol. The molecule has 1 N–H and O–H groups in total. The fourth-order valence-corrected chi connectivity index (χ4v) is 2.16. The van der Waals surface area contributed by atoms with Crippen LogP contribution in [0.4, 0.5) is 13.2 Å². The van der Waals surface area contributed by atoms with Crippen LogP contribution < -0.4 is 0 Å². The molecule has 1 heterocycles. The van der Waals surface area contributed by atoms with Gasteiger partial charge in [-0.15, -0.1) is 0 Å². The second kappa shape index (κ2) is 4.67. The Morgan fingerprint density at radius 1 is 1.05 bits per heavy atom. The molecular weight excluding hydrogens is 265 g/mol. The molecule has 0 atom stereocenters. The van der Waals surface area contributed by atoms with Crippen molar-refractivity contribution in [2.45, 2.75) is 13.3 Å². The van der Waals surface area contributed by atoms with E-state index in [2.05, 4.69) is 9.97 Å². The number of rotatable bonds is 2. The molecule has 0 amide bonds. The maximum Gasteiger partial charge on any atom is 0.144 e. The minimum atomic E-state index is -0.975. The van der Waals surface area contributed by atoms with Crippen molar-refractivity contribution >= 4 is 11.0 Å².